The van der Waals surface area contributed by atoms with Gasteiger partial charge >= 0.3 is 6.18 Å². The number of nitrogens with zero attached hydrogens (tertiary/aromatic N) is 2. The molecule has 1 aromatic carbocycles. The molecule has 2 aromatic rings. The average molecular weight is 339 g/mol. The van der Waals surface area contributed by atoms with Crippen LogP contribution in [0.2, 0.25) is 0 Å². The van der Waals surface area contributed by atoms with Crippen LogP contribution >= 0.6 is 0 Å². The van der Waals surface area contributed by atoms with Gasteiger partial charge in [0.15, 0.2) is 0 Å². The molecule has 0 bridgehead atoms. The summed E-state index contributed by atoms with van der Waals surface area (Å²) in [6.45, 7) is 3.45. The van der Waals surface area contributed by atoms with Crippen molar-refractivity contribution in [2.24, 2.45) is 0 Å². The van der Waals surface area contributed by atoms with Gasteiger partial charge in [0.2, 0.25) is 5.91 Å². The minimum Gasteiger partial charge on any atom is -0.326 e. The Hall–Kier alpha value is -2.64. The summed E-state index contributed by atoms with van der Waals surface area (Å²) in [4.78, 5) is 27.9. The third-order valence-corrected chi connectivity index (χ3v) is 3.57. The molecule has 0 fully saturated rings. The van der Waals surface area contributed by atoms with Crippen LogP contribution in [0.25, 0.3) is 0 Å². The zero-order valence-corrected chi connectivity index (χ0v) is 13.1. The monoisotopic (exact) mass is 339 g/mol. The van der Waals surface area contributed by atoms with E-state index in [0.29, 0.717) is 11.3 Å². The number of nitrogens with one attached hydrogen (secondary N) is 1. The SMILES string of the molecule is Cc1ncn(CCC(=O)Nc2cccc(C(F)(F)F)c2)c(=O)c1C. The van der Waals surface area contributed by atoms with Crippen LogP contribution in [0.1, 0.15) is 23.2 Å². The van der Waals surface area contributed by atoms with Gasteiger partial charge < -0.3 is 5.32 Å². The molecule has 0 atom stereocenters. The minimum atomic E-state index is -4.47. The first-order valence-electron chi connectivity index (χ1n) is 7.18. The second-order valence-electron chi connectivity index (χ2n) is 5.33. The van der Waals surface area contributed by atoms with Crippen LogP contribution in [0.15, 0.2) is 35.4 Å². The third kappa shape index (κ3) is 4.21. The lowest BCUT2D eigenvalue weighted by Gasteiger charge is -2.10. The van der Waals surface area contributed by atoms with Gasteiger partial charge in [0.05, 0.1) is 11.9 Å². The summed E-state index contributed by atoms with van der Waals surface area (Å²) >= 11 is 0. The molecule has 0 aliphatic heterocycles. The summed E-state index contributed by atoms with van der Waals surface area (Å²) in [5, 5.41) is 2.40. The number of anilines is 1. The van der Waals surface area contributed by atoms with E-state index >= 15 is 0 Å². The fourth-order valence-corrected chi connectivity index (χ4v) is 2.05. The van der Waals surface area contributed by atoms with Crippen LogP contribution in [0.3, 0.4) is 0 Å². The molecule has 1 aromatic heterocycles. The van der Waals surface area contributed by atoms with Crippen molar-refractivity contribution < 1.29 is 18.0 Å². The molecular formula is C16H16F3N3O2. The van der Waals surface area contributed by atoms with Crippen molar-refractivity contribution in [1.29, 1.82) is 0 Å². The number of aromatic nitrogens is 2. The van der Waals surface area contributed by atoms with E-state index in [2.05, 4.69) is 10.3 Å². The van der Waals surface area contributed by atoms with Gasteiger partial charge in [-0.2, -0.15) is 13.2 Å². The quantitative estimate of drug-likeness (QED) is 0.931. The van der Waals surface area contributed by atoms with Gasteiger partial charge in [-0.05, 0) is 32.0 Å². The van der Waals surface area contributed by atoms with E-state index in [1.807, 2.05) is 0 Å². The fraction of sp³-hybridized carbons (Fsp3) is 0.312. The number of aryl methyl sites for hydroxylation is 2. The summed E-state index contributed by atoms with van der Waals surface area (Å²) in [6, 6.07) is 4.38. The number of alkyl halides is 3. The highest BCUT2D eigenvalue weighted by molar-refractivity contribution is 5.90. The van der Waals surface area contributed by atoms with Gasteiger partial charge in [-0.3, -0.25) is 14.2 Å². The number of halogens is 3. The van der Waals surface area contributed by atoms with E-state index < -0.39 is 17.6 Å². The highest BCUT2D eigenvalue weighted by Gasteiger charge is 2.30. The van der Waals surface area contributed by atoms with Gasteiger partial charge in [0.1, 0.15) is 0 Å². The predicted octanol–water partition coefficient (Wildman–Crippen LogP) is 2.91. The van der Waals surface area contributed by atoms with Gasteiger partial charge in [-0.1, -0.05) is 6.07 Å². The lowest BCUT2D eigenvalue weighted by atomic mass is 10.2. The van der Waals surface area contributed by atoms with Crippen molar-refractivity contribution in [1.82, 2.24) is 9.55 Å². The Balaban J connectivity index is 2.02. The van der Waals surface area contributed by atoms with Gasteiger partial charge in [0.25, 0.3) is 5.56 Å². The first kappa shape index (κ1) is 17.7. The summed E-state index contributed by atoms with van der Waals surface area (Å²) in [5.41, 5.74) is 0.0880. The standard InChI is InChI=1S/C16H16F3N3O2/c1-10-11(2)20-9-22(15(10)24)7-6-14(23)21-13-5-3-4-12(8-13)16(17,18)19/h3-5,8-9H,6-7H2,1-2H3,(H,21,23). The molecule has 1 amide bonds. The molecule has 0 aliphatic carbocycles. The smallest absolute Gasteiger partial charge is 0.326 e. The zero-order chi connectivity index (χ0) is 17.9. The number of rotatable bonds is 4. The molecule has 24 heavy (non-hydrogen) atoms. The molecule has 5 nitrogen and oxygen atoms in total. The minimum absolute atomic E-state index is 0.0552. The lowest BCUT2D eigenvalue weighted by Crippen LogP contribution is -2.26. The normalized spacial score (nSPS) is 11.4. The molecule has 1 N–H and O–H groups in total. The van der Waals surface area contributed by atoms with Gasteiger partial charge in [-0.15, -0.1) is 0 Å². The highest BCUT2D eigenvalue weighted by atomic mass is 19.4. The Labute approximate surface area is 136 Å². The molecule has 0 saturated heterocycles. The summed E-state index contributed by atoms with van der Waals surface area (Å²) in [7, 11) is 0. The Morgan fingerprint density at radius 1 is 1.29 bits per heavy atom. The zero-order valence-electron chi connectivity index (χ0n) is 13.1. The van der Waals surface area contributed by atoms with E-state index in [1.165, 1.54) is 23.0 Å². The summed E-state index contributed by atoms with van der Waals surface area (Å²) in [6.07, 6.45) is -3.18. The number of hydrogen-bond acceptors (Lipinski definition) is 3. The maximum Gasteiger partial charge on any atom is 0.416 e. The summed E-state index contributed by atoms with van der Waals surface area (Å²) in [5.74, 6) is -0.487. The Morgan fingerprint density at radius 2 is 2.00 bits per heavy atom. The Bertz CT molecular complexity index is 813. The average Bonchev–Trinajstić information content (AvgIpc) is 2.51. The molecule has 0 saturated carbocycles. The van der Waals surface area contributed by atoms with Crippen LogP contribution in [0, 0.1) is 13.8 Å². The first-order valence-corrected chi connectivity index (χ1v) is 7.18. The van der Waals surface area contributed by atoms with Gasteiger partial charge in [0, 0.05) is 29.9 Å². The van der Waals surface area contributed by atoms with Crippen molar-refractivity contribution in [2.45, 2.75) is 33.0 Å². The van der Waals surface area contributed by atoms with E-state index in [0.717, 1.165) is 12.1 Å². The molecule has 128 valence electrons. The highest BCUT2D eigenvalue weighted by Crippen LogP contribution is 2.30. The van der Waals surface area contributed by atoms with E-state index in [9.17, 15) is 22.8 Å². The molecular weight excluding hydrogens is 323 g/mol. The van der Waals surface area contributed by atoms with Crippen LogP contribution in [0.4, 0.5) is 18.9 Å². The van der Waals surface area contributed by atoms with Crippen LogP contribution in [0.5, 0.6) is 0 Å². The fourth-order valence-electron chi connectivity index (χ4n) is 2.05. The van der Waals surface area contributed by atoms with Crippen LogP contribution < -0.4 is 10.9 Å². The van der Waals surface area contributed by atoms with Crippen molar-refractivity contribution in [3.8, 4) is 0 Å². The molecule has 0 spiro atoms. The topological polar surface area (TPSA) is 64.0 Å². The van der Waals surface area contributed by atoms with Crippen molar-refractivity contribution in [3.63, 3.8) is 0 Å². The molecule has 0 radical (unpaired) electrons. The van der Waals surface area contributed by atoms with Crippen LogP contribution in [-0.4, -0.2) is 15.5 Å². The van der Waals surface area contributed by atoms with E-state index in [1.54, 1.807) is 13.8 Å². The molecule has 1 heterocycles. The van der Waals surface area contributed by atoms with E-state index in [4.69, 9.17) is 0 Å². The Kier molecular flexibility index (Phi) is 5.06. The summed E-state index contributed by atoms with van der Waals surface area (Å²) < 4.78 is 39.2. The molecule has 0 aliphatic rings. The molecule has 2 rings (SSSR count). The third-order valence-electron chi connectivity index (χ3n) is 3.57. The predicted molar refractivity (Wildman–Crippen MR) is 82.7 cm³/mol. The number of hydrogen-bond donors (Lipinski definition) is 1. The maximum absolute atomic E-state index is 12.6. The van der Waals surface area contributed by atoms with E-state index in [-0.39, 0.29) is 24.2 Å². The van der Waals surface area contributed by atoms with Crippen molar-refractivity contribution in [2.75, 3.05) is 5.32 Å². The van der Waals surface area contributed by atoms with Crippen molar-refractivity contribution in [3.05, 3.63) is 57.8 Å². The number of carbonyl (C=O) groups is 1. The van der Waals surface area contributed by atoms with Crippen LogP contribution in [-0.2, 0) is 17.5 Å². The van der Waals surface area contributed by atoms with Gasteiger partial charge in [-0.25, -0.2) is 4.98 Å². The number of amides is 1. The maximum atomic E-state index is 12.6. The second kappa shape index (κ2) is 6.86. The van der Waals surface area contributed by atoms with Crippen molar-refractivity contribution >= 4 is 11.6 Å². The lowest BCUT2D eigenvalue weighted by molar-refractivity contribution is -0.137. The number of carbonyl (C=O) groups excluding carboxylic acids is 1. The largest absolute Gasteiger partial charge is 0.416 e. The number of benzene rings is 1. The molecule has 0 unspecified atom stereocenters. The molecule has 8 heteroatoms. The first-order chi connectivity index (χ1) is 11.2. The second-order valence-corrected chi connectivity index (χ2v) is 5.33. The Morgan fingerprint density at radius 3 is 2.67 bits per heavy atom.